The van der Waals surface area contributed by atoms with Crippen molar-refractivity contribution in [1.82, 2.24) is 4.31 Å². The van der Waals surface area contributed by atoms with Gasteiger partial charge in [0.05, 0.1) is 49.3 Å². The molecule has 1 saturated heterocycles. The first kappa shape index (κ1) is 40.0. The van der Waals surface area contributed by atoms with E-state index in [1.807, 2.05) is 43.3 Å². The number of benzene rings is 3. The van der Waals surface area contributed by atoms with Crippen molar-refractivity contribution in [2.75, 3.05) is 78.0 Å². The number of sulfonamides is 1. The highest BCUT2D eigenvalue weighted by Crippen LogP contribution is 2.39. The Morgan fingerprint density at radius 2 is 1.60 bits per heavy atom. The molecule has 0 bridgehead atoms. The minimum absolute atomic E-state index is 0.0664. The molecule has 0 aliphatic carbocycles. The quantitative estimate of drug-likeness (QED) is 0.119. The largest absolute Gasteiger partial charge is 0.494 e. The fourth-order valence-electron chi connectivity index (χ4n) is 6.72. The van der Waals surface area contributed by atoms with Gasteiger partial charge in [-0.2, -0.15) is 12.7 Å². The van der Waals surface area contributed by atoms with Crippen LogP contribution in [0.25, 0.3) is 0 Å². The second-order valence-corrected chi connectivity index (χ2v) is 16.8. The predicted molar refractivity (Wildman–Crippen MR) is 199 cm³/mol. The van der Waals surface area contributed by atoms with E-state index in [1.54, 1.807) is 38.5 Å². The topological polar surface area (TPSA) is 130 Å². The van der Waals surface area contributed by atoms with Crippen LogP contribution in [-0.4, -0.2) is 106 Å². The van der Waals surface area contributed by atoms with E-state index in [0.29, 0.717) is 32.8 Å². The standard InChI is InChI=1S/C38H52N2O10S2/c1-29-7-14-34(15-8-29)52(43,44)40-27-38(49-28-30-9-16-37-36(25-30)39(19-24-48-37)18-5-20-45-2)35(26-32(40)17-23-50-51(4,41)42)31-10-12-33(13-11-31)47-22-6-21-46-3/h7-16,25,32,35,38H,5-6,17-24,26-28H2,1-4H3/t32-,35+,38-/m0/s1. The highest BCUT2D eigenvalue weighted by molar-refractivity contribution is 7.89. The Labute approximate surface area is 309 Å². The molecular formula is C38H52N2O10S2. The van der Waals surface area contributed by atoms with Crippen molar-refractivity contribution in [3.8, 4) is 11.5 Å². The zero-order chi connectivity index (χ0) is 37.1. The fraction of sp³-hybridized carbons (Fsp3) is 0.526. The monoisotopic (exact) mass is 760 g/mol. The molecule has 2 aliphatic heterocycles. The number of hydrogen-bond acceptors (Lipinski definition) is 11. The average molecular weight is 761 g/mol. The number of rotatable bonds is 19. The van der Waals surface area contributed by atoms with Crippen molar-refractivity contribution in [3.63, 3.8) is 0 Å². The molecule has 3 aromatic rings. The van der Waals surface area contributed by atoms with Gasteiger partial charge in [-0.3, -0.25) is 4.18 Å². The van der Waals surface area contributed by atoms with E-state index in [2.05, 4.69) is 11.0 Å². The lowest BCUT2D eigenvalue weighted by atomic mass is 9.83. The zero-order valence-electron chi connectivity index (χ0n) is 30.6. The molecule has 14 heteroatoms. The van der Waals surface area contributed by atoms with Gasteiger partial charge < -0.3 is 28.6 Å². The van der Waals surface area contributed by atoms with Gasteiger partial charge in [0.1, 0.15) is 18.1 Å². The molecule has 12 nitrogen and oxygen atoms in total. The van der Waals surface area contributed by atoms with Crippen LogP contribution in [-0.2, 0) is 45.1 Å². The van der Waals surface area contributed by atoms with Crippen molar-refractivity contribution in [2.45, 2.75) is 62.2 Å². The molecule has 3 aromatic carbocycles. The van der Waals surface area contributed by atoms with Crippen LogP contribution < -0.4 is 14.4 Å². The van der Waals surface area contributed by atoms with Crippen molar-refractivity contribution in [1.29, 1.82) is 0 Å². The third-order valence-electron chi connectivity index (χ3n) is 9.41. The van der Waals surface area contributed by atoms with Gasteiger partial charge in [-0.15, -0.1) is 0 Å². The second-order valence-electron chi connectivity index (χ2n) is 13.3. The molecule has 286 valence electrons. The normalized spacial score (nSPS) is 19.6. The van der Waals surface area contributed by atoms with E-state index in [1.165, 1.54) is 4.31 Å². The van der Waals surface area contributed by atoms with Crippen molar-refractivity contribution in [3.05, 3.63) is 83.4 Å². The molecule has 0 radical (unpaired) electrons. The number of anilines is 1. The van der Waals surface area contributed by atoms with Crippen LogP contribution in [0.15, 0.2) is 71.6 Å². The first-order chi connectivity index (χ1) is 25.0. The molecule has 2 heterocycles. The summed E-state index contributed by atoms with van der Waals surface area (Å²) in [6.45, 7) is 6.09. The summed E-state index contributed by atoms with van der Waals surface area (Å²) in [5.74, 6) is 1.34. The van der Waals surface area contributed by atoms with Crippen LogP contribution in [0.1, 0.15) is 48.3 Å². The molecule has 0 amide bonds. The van der Waals surface area contributed by atoms with Gasteiger partial charge in [0.2, 0.25) is 10.0 Å². The number of nitrogens with zero attached hydrogens (tertiary/aromatic N) is 2. The van der Waals surface area contributed by atoms with E-state index < -0.39 is 32.3 Å². The number of piperidine rings is 1. The Bertz CT molecular complexity index is 1790. The lowest BCUT2D eigenvalue weighted by Crippen LogP contribution is -2.52. The number of ether oxygens (including phenoxy) is 5. The lowest BCUT2D eigenvalue weighted by molar-refractivity contribution is -0.0220. The van der Waals surface area contributed by atoms with E-state index in [0.717, 1.165) is 66.1 Å². The maximum absolute atomic E-state index is 14.3. The van der Waals surface area contributed by atoms with Gasteiger partial charge in [0, 0.05) is 58.9 Å². The molecule has 1 fully saturated rings. The number of hydrogen-bond donors (Lipinski definition) is 0. The molecule has 3 atom stereocenters. The second kappa shape index (κ2) is 18.7. The highest BCUT2D eigenvalue weighted by Gasteiger charge is 2.43. The third kappa shape index (κ3) is 10.9. The minimum Gasteiger partial charge on any atom is -0.494 e. The van der Waals surface area contributed by atoms with Gasteiger partial charge in [-0.1, -0.05) is 35.9 Å². The van der Waals surface area contributed by atoms with Crippen LogP contribution >= 0.6 is 0 Å². The van der Waals surface area contributed by atoms with Gasteiger partial charge in [0.15, 0.2) is 0 Å². The van der Waals surface area contributed by atoms with Gasteiger partial charge in [-0.05, 0) is 73.7 Å². The van der Waals surface area contributed by atoms with Gasteiger partial charge >= 0.3 is 0 Å². The highest BCUT2D eigenvalue weighted by atomic mass is 32.2. The maximum Gasteiger partial charge on any atom is 0.264 e. The Kier molecular flexibility index (Phi) is 14.4. The summed E-state index contributed by atoms with van der Waals surface area (Å²) in [4.78, 5) is 2.46. The minimum atomic E-state index is -3.98. The Morgan fingerprint density at radius 3 is 2.31 bits per heavy atom. The molecule has 2 aliphatic rings. The van der Waals surface area contributed by atoms with E-state index in [-0.39, 0.29) is 37.0 Å². The van der Waals surface area contributed by atoms with Crippen molar-refractivity contribution >= 4 is 25.8 Å². The van der Waals surface area contributed by atoms with Gasteiger partial charge in [-0.25, -0.2) is 8.42 Å². The molecular weight excluding hydrogens is 709 g/mol. The smallest absolute Gasteiger partial charge is 0.264 e. The molecule has 0 aromatic heterocycles. The average Bonchev–Trinajstić information content (AvgIpc) is 3.12. The Balaban J connectivity index is 1.44. The summed E-state index contributed by atoms with van der Waals surface area (Å²) in [5.41, 5.74) is 3.85. The van der Waals surface area contributed by atoms with E-state index in [4.69, 9.17) is 27.9 Å². The summed E-state index contributed by atoms with van der Waals surface area (Å²) in [5, 5.41) is 0. The summed E-state index contributed by atoms with van der Waals surface area (Å²) in [7, 11) is -4.34. The molecule has 0 unspecified atom stereocenters. The van der Waals surface area contributed by atoms with Gasteiger partial charge in [0.25, 0.3) is 10.1 Å². The van der Waals surface area contributed by atoms with Crippen LogP contribution in [0.5, 0.6) is 11.5 Å². The Morgan fingerprint density at radius 1 is 0.865 bits per heavy atom. The predicted octanol–water partition coefficient (Wildman–Crippen LogP) is 5.14. The summed E-state index contributed by atoms with van der Waals surface area (Å²) in [6, 6.07) is 20.1. The molecule has 0 spiro atoms. The number of methoxy groups -OCH3 is 2. The van der Waals surface area contributed by atoms with Crippen molar-refractivity contribution in [2.24, 2.45) is 0 Å². The zero-order valence-corrected chi connectivity index (χ0v) is 32.2. The van der Waals surface area contributed by atoms with Crippen LogP contribution in [0.4, 0.5) is 5.69 Å². The fourth-order valence-corrected chi connectivity index (χ4v) is 8.80. The molecule has 0 N–H and O–H groups in total. The molecule has 5 rings (SSSR count). The third-order valence-corrected chi connectivity index (χ3v) is 11.9. The first-order valence-electron chi connectivity index (χ1n) is 17.7. The SMILES string of the molecule is COCCCOc1ccc([C@H]2C[C@H](CCOS(C)(=O)=O)N(S(=O)(=O)c3ccc(C)cc3)C[C@@H]2OCc2ccc3c(c2)N(CCCOC)CCO3)cc1. The first-order valence-corrected chi connectivity index (χ1v) is 21.0. The number of fused-ring (bicyclic) bond motifs is 1. The lowest BCUT2D eigenvalue weighted by Gasteiger charge is -2.43. The summed E-state index contributed by atoms with van der Waals surface area (Å²) < 4.78 is 87.9. The Hall–Kier alpha value is -3.24. The molecule has 0 saturated carbocycles. The van der Waals surface area contributed by atoms with Crippen LogP contribution in [0.2, 0.25) is 0 Å². The van der Waals surface area contributed by atoms with E-state index in [9.17, 15) is 16.8 Å². The summed E-state index contributed by atoms with van der Waals surface area (Å²) >= 11 is 0. The van der Waals surface area contributed by atoms with Crippen LogP contribution in [0, 0.1) is 6.92 Å². The molecule has 52 heavy (non-hydrogen) atoms. The van der Waals surface area contributed by atoms with E-state index >= 15 is 0 Å². The van der Waals surface area contributed by atoms with Crippen molar-refractivity contribution < 1.29 is 44.7 Å². The van der Waals surface area contributed by atoms with Crippen LogP contribution in [0.3, 0.4) is 0 Å². The maximum atomic E-state index is 14.3. The summed E-state index contributed by atoms with van der Waals surface area (Å²) in [6.07, 6.45) is 2.70. The number of aryl methyl sites for hydroxylation is 1.